The van der Waals surface area contributed by atoms with Gasteiger partial charge in [0.25, 0.3) is 0 Å². The minimum Gasteiger partial charge on any atom is -0.372 e. The Kier molecular flexibility index (Phi) is 14.8. The van der Waals surface area contributed by atoms with Gasteiger partial charge in [-0.15, -0.1) is 93.9 Å². The maximum Gasteiger partial charge on any atom is 4.00 e. The predicted octanol–water partition coefficient (Wildman–Crippen LogP) is 17.5. The van der Waals surface area contributed by atoms with Gasteiger partial charge in [-0.25, -0.2) is 0 Å². The summed E-state index contributed by atoms with van der Waals surface area (Å²) < 4.78 is 0. The number of rotatable bonds is 2. The molecule has 3 heteroatoms. The monoisotopic (exact) mass is 988 g/mol. The van der Waals surface area contributed by atoms with Crippen LogP contribution in [0.5, 0.6) is 0 Å². The molecule has 0 fully saturated rings. The molecule has 0 atom stereocenters. The first-order chi connectivity index (χ1) is 27.5. The van der Waals surface area contributed by atoms with E-state index in [4.69, 9.17) is 0 Å². The van der Waals surface area contributed by atoms with Crippen LogP contribution >= 0.6 is 24.8 Å². The van der Waals surface area contributed by atoms with E-state index in [0.717, 1.165) is 6.42 Å². The molecule has 0 saturated heterocycles. The summed E-state index contributed by atoms with van der Waals surface area (Å²) in [5.41, 5.74) is 8.45. The quantitative estimate of drug-likeness (QED) is 0.0920. The average molecular weight is 988 g/mol. The van der Waals surface area contributed by atoms with Crippen LogP contribution < -0.4 is 0 Å². The Balaban J connectivity index is 0.000000204. The van der Waals surface area contributed by atoms with E-state index in [-0.39, 0.29) is 61.5 Å². The number of hydrogen-bond donors (Lipinski definition) is 0. The summed E-state index contributed by atoms with van der Waals surface area (Å²) in [7, 11) is 0. The second-order valence-corrected chi connectivity index (χ2v) is 17.3. The Morgan fingerprint density at radius 1 is 0.383 bits per heavy atom. The van der Waals surface area contributed by atoms with E-state index < -0.39 is 0 Å². The van der Waals surface area contributed by atoms with Crippen molar-refractivity contribution in [3.63, 3.8) is 0 Å². The Morgan fingerprint density at radius 2 is 0.667 bits per heavy atom. The van der Waals surface area contributed by atoms with Crippen molar-refractivity contribution >= 4 is 89.4 Å². The molecule has 300 valence electrons. The maximum atomic E-state index is 3.38. The predicted molar refractivity (Wildman–Crippen MR) is 267 cm³/mol. The molecule has 0 aromatic heterocycles. The number of fused-ring (bicyclic) bond motifs is 6. The zero-order valence-electron chi connectivity index (χ0n) is 35.6. The van der Waals surface area contributed by atoms with Gasteiger partial charge in [-0.05, 0) is 77.2 Å². The SMILES string of the molecule is CC(C)(C)c1cc2c(-c3c4ccccc4cc4ccccc34)cccc2[cH-]1.CC(C)(C)c1cc2c(-c3c4ccccc4cc4ccccc34)cccc2[cH-]1.Cl.Cl.[CH2-]C[CH2-].[Hf+4]. The summed E-state index contributed by atoms with van der Waals surface area (Å²) >= 11 is 0. The summed E-state index contributed by atoms with van der Waals surface area (Å²) in [4.78, 5) is 0. The van der Waals surface area contributed by atoms with E-state index in [0.29, 0.717) is 0 Å². The van der Waals surface area contributed by atoms with Crippen LogP contribution in [0.2, 0.25) is 0 Å². The normalized spacial score (nSPS) is 11.3. The minimum absolute atomic E-state index is 0. The van der Waals surface area contributed by atoms with Crippen LogP contribution in [0.15, 0.2) is 170 Å². The van der Waals surface area contributed by atoms with E-state index in [1.54, 1.807) is 0 Å². The summed E-state index contributed by atoms with van der Waals surface area (Å²) in [5, 5.41) is 15.8. The van der Waals surface area contributed by atoms with E-state index in [1.165, 1.54) is 98.0 Å². The average Bonchev–Trinajstić information content (AvgIpc) is 3.86. The van der Waals surface area contributed by atoms with Gasteiger partial charge < -0.3 is 20.3 Å². The van der Waals surface area contributed by atoms with Crippen molar-refractivity contribution in [3.8, 4) is 22.3 Å². The molecule has 0 amide bonds. The molecule has 0 aliphatic carbocycles. The molecule has 10 rings (SSSR count). The van der Waals surface area contributed by atoms with Crippen molar-refractivity contribution in [1.29, 1.82) is 0 Å². The first-order valence-corrected chi connectivity index (χ1v) is 20.3. The molecule has 0 radical (unpaired) electrons. The standard InChI is InChI=1S/2C27H23.C3H6.2ClH.Hf/c2*1-27(2,3)21-16-20-11-8-14-24(25(20)17-21)26-22-12-6-4-9-18(22)15-19-10-5-7-13-23(19)26;1-3-2;;;/h2*4-17H,1-3H3;1-3H2;2*1H;/q2*-1;-2;;;+4. The molecule has 60 heavy (non-hydrogen) atoms. The molecule has 0 bridgehead atoms. The largest absolute Gasteiger partial charge is 4.00 e. The van der Waals surface area contributed by atoms with Gasteiger partial charge in [0.2, 0.25) is 0 Å². The van der Waals surface area contributed by atoms with Crippen LogP contribution in [0.25, 0.3) is 86.9 Å². The van der Waals surface area contributed by atoms with Gasteiger partial charge in [-0.3, -0.25) is 0 Å². The van der Waals surface area contributed by atoms with Crippen LogP contribution in [0.4, 0.5) is 0 Å². The molecular weight excluding hydrogens is 934 g/mol. The Bertz CT molecular complexity index is 2720. The van der Waals surface area contributed by atoms with Crippen molar-refractivity contribution in [3.05, 3.63) is 195 Å². The van der Waals surface area contributed by atoms with Crippen molar-refractivity contribution < 1.29 is 25.8 Å². The summed E-state index contributed by atoms with van der Waals surface area (Å²) in [5.74, 6) is 0. The first kappa shape index (κ1) is 46.5. The second-order valence-electron chi connectivity index (χ2n) is 17.3. The topological polar surface area (TPSA) is 0 Å². The van der Waals surface area contributed by atoms with Gasteiger partial charge in [0.05, 0.1) is 0 Å². The smallest absolute Gasteiger partial charge is 0.372 e. The Morgan fingerprint density at radius 3 is 0.950 bits per heavy atom. The molecule has 10 aromatic carbocycles. The van der Waals surface area contributed by atoms with Crippen molar-refractivity contribution in [2.45, 2.75) is 58.8 Å². The molecule has 0 nitrogen and oxygen atoms in total. The fraction of sp³-hybridized carbons (Fsp3) is 0.158. The molecule has 0 saturated carbocycles. The summed E-state index contributed by atoms with van der Waals surface area (Å²) in [6.07, 6.45) is 0.750. The van der Waals surface area contributed by atoms with Gasteiger partial charge in [0.15, 0.2) is 0 Å². The minimum atomic E-state index is 0. The number of halogens is 2. The first-order valence-electron chi connectivity index (χ1n) is 20.3. The van der Waals surface area contributed by atoms with Crippen LogP contribution in [-0.4, -0.2) is 0 Å². The third kappa shape index (κ3) is 9.06. The fourth-order valence-electron chi connectivity index (χ4n) is 8.38. The molecule has 0 spiro atoms. The molecule has 0 heterocycles. The van der Waals surface area contributed by atoms with E-state index >= 15 is 0 Å². The fourth-order valence-corrected chi connectivity index (χ4v) is 8.38. The van der Waals surface area contributed by atoms with Crippen LogP contribution in [0, 0.1) is 13.8 Å². The van der Waals surface area contributed by atoms with Crippen molar-refractivity contribution in [1.82, 2.24) is 0 Å². The summed E-state index contributed by atoms with van der Waals surface area (Å²) in [6, 6.07) is 62.5. The summed E-state index contributed by atoms with van der Waals surface area (Å²) in [6.45, 7) is 20.5. The molecule has 0 aliphatic rings. The third-order valence-corrected chi connectivity index (χ3v) is 11.3. The van der Waals surface area contributed by atoms with Crippen LogP contribution in [0.1, 0.15) is 59.1 Å². The van der Waals surface area contributed by atoms with Crippen molar-refractivity contribution in [2.75, 3.05) is 0 Å². The van der Waals surface area contributed by atoms with Crippen LogP contribution in [-0.2, 0) is 36.7 Å². The van der Waals surface area contributed by atoms with Crippen LogP contribution in [0.3, 0.4) is 0 Å². The third-order valence-electron chi connectivity index (χ3n) is 11.3. The Hall–Kier alpha value is -4.53. The van der Waals surface area contributed by atoms with E-state index in [1.807, 2.05) is 0 Å². The second kappa shape index (κ2) is 19.0. The Labute approximate surface area is 388 Å². The van der Waals surface area contributed by atoms with Gasteiger partial charge in [-0.1, -0.05) is 162 Å². The molecule has 0 aliphatic heterocycles. The van der Waals surface area contributed by atoms with Gasteiger partial charge in [-0.2, -0.15) is 12.1 Å². The van der Waals surface area contributed by atoms with E-state index in [2.05, 4.69) is 225 Å². The van der Waals surface area contributed by atoms with E-state index in [9.17, 15) is 0 Å². The zero-order valence-corrected chi connectivity index (χ0v) is 40.8. The van der Waals surface area contributed by atoms with Gasteiger partial charge in [0.1, 0.15) is 0 Å². The molecule has 10 aromatic rings. The number of hydrogen-bond acceptors (Lipinski definition) is 0. The zero-order chi connectivity index (χ0) is 39.9. The number of benzene rings is 8. The van der Waals surface area contributed by atoms with Gasteiger partial charge in [0, 0.05) is 0 Å². The maximum absolute atomic E-state index is 3.38. The van der Waals surface area contributed by atoms with Gasteiger partial charge >= 0.3 is 25.8 Å². The molecular formula is C57H54Cl2Hf. The van der Waals surface area contributed by atoms with Crippen molar-refractivity contribution in [2.24, 2.45) is 0 Å². The molecule has 0 unspecified atom stereocenters. The molecule has 0 N–H and O–H groups in total.